The van der Waals surface area contributed by atoms with Crippen LogP contribution >= 0.6 is 11.3 Å². The third kappa shape index (κ3) is 3.65. The van der Waals surface area contributed by atoms with Crippen molar-refractivity contribution in [1.82, 2.24) is 10.3 Å². The zero-order valence-electron chi connectivity index (χ0n) is 12.7. The zero-order valence-corrected chi connectivity index (χ0v) is 13.5. The van der Waals surface area contributed by atoms with Gasteiger partial charge in [0.25, 0.3) is 0 Å². The van der Waals surface area contributed by atoms with E-state index in [-0.39, 0.29) is 12.3 Å². The Kier molecular flexibility index (Phi) is 4.73. The molecule has 1 atom stereocenters. The lowest BCUT2D eigenvalue weighted by Crippen LogP contribution is -2.31. The maximum absolute atomic E-state index is 12.1. The van der Waals surface area contributed by atoms with Crippen LogP contribution < -0.4 is 5.32 Å². The number of nitrogens with one attached hydrogen (secondary N) is 1. The molecule has 1 aliphatic rings. The van der Waals surface area contributed by atoms with E-state index in [0.717, 1.165) is 42.8 Å². The second-order valence-electron chi connectivity index (χ2n) is 5.67. The number of aromatic nitrogens is 1. The van der Waals surface area contributed by atoms with Gasteiger partial charge in [-0.15, -0.1) is 0 Å². The highest BCUT2D eigenvalue weighted by Gasteiger charge is 2.16. The van der Waals surface area contributed by atoms with Crippen LogP contribution in [0.4, 0.5) is 0 Å². The Balaban J connectivity index is 1.56. The van der Waals surface area contributed by atoms with Crippen LogP contribution in [0, 0.1) is 12.8 Å². The highest BCUT2D eigenvalue weighted by molar-refractivity contribution is 7.08. The molecule has 5 heteroatoms. The van der Waals surface area contributed by atoms with E-state index < -0.39 is 0 Å². The van der Waals surface area contributed by atoms with Gasteiger partial charge in [0.05, 0.1) is 12.1 Å². The molecule has 0 aromatic carbocycles. The van der Waals surface area contributed by atoms with Gasteiger partial charge < -0.3 is 9.73 Å². The smallest absolute Gasteiger partial charge is 0.227 e. The molecule has 0 radical (unpaired) electrons. The van der Waals surface area contributed by atoms with E-state index >= 15 is 0 Å². The molecule has 0 bridgehead atoms. The van der Waals surface area contributed by atoms with Gasteiger partial charge in [-0.1, -0.05) is 12.2 Å². The first kappa shape index (κ1) is 15.0. The van der Waals surface area contributed by atoms with E-state index in [4.69, 9.17) is 4.42 Å². The summed E-state index contributed by atoms with van der Waals surface area (Å²) in [6.07, 6.45) is 8.03. The summed E-state index contributed by atoms with van der Waals surface area (Å²) in [7, 11) is 0. The summed E-state index contributed by atoms with van der Waals surface area (Å²) in [5.74, 6) is 1.90. The minimum Gasteiger partial charge on any atom is -0.441 e. The molecule has 1 amide bonds. The molecule has 1 aliphatic carbocycles. The van der Waals surface area contributed by atoms with Crippen molar-refractivity contribution in [2.45, 2.75) is 32.6 Å². The Hall–Kier alpha value is -1.88. The number of nitrogens with zero attached hydrogens (tertiary/aromatic N) is 1. The molecule has 2 heterocycles. The highest BCUT2D eigenvalue weighted by Crippen LogP contribution is 2.24. The number of rotatable bonds is 5. The standard InChI is InChI=1S/C17H20N2O2S/c1-12-15(19-17(21-12)14-7-8-22-11-14)9-16(20)18-10-13-5-3-2-4-6-13/h2-3,7-8,11,13H,4-6,9-10H2,1H3,(H,18,20)/t13-/m1/s1. The number of hydrogen-bond acceptors (Lipinski definition) is 4. The van der Waals surface area contributed by atoms with E-state index in [2.05, 4.69) is 22.5 Å². The fraction of sp³-hybridized carbons (Fsp3) is 0.412. The van der Waals surface area contributed by atoms with E-state index in [9.17, 15) is 4.79 Å². The lowest BCUT2D eigenvalue weighted by atomic mass is 9.94. The molecule has 2 aromatic rings. The van der Waals surface area contributed by atoms with E-state index in [1.165, 1.54) is 0 Å². The third-order valence-electron chi connectivity index (χ3n) is 3.95. The van der Waals surface area contributed by atoms with Crippen molar-refractivity contribution in [2.75, 3.05) is 6.54 Å². The second kappa shape index (κ2) is 6.92. The predicted molar refractivity (Wildman–Crippen MR) is 87.7 cm³/mol. The Bertz CT molecular complexity index is 658. The second-order valence-corrected chi connectivity index (χ2v) is 6.45. The lowest BCUT2D eigenvalue weighted by molar-refractivity contribution is -0.120. The average molecular weight is 316 g/mol. The van der Waals surface area contributed by atoms with Crippen molar-refractivity contribution in [3.05, 3.63) is 40.4 Å². The molecule has 0 saturated carbocycles. The van der Waals surface area contributed by atoms with E-state index in [1.807, 2.05) is 23.8 Å². The number of thiophene rings is 1. The summed E-state index contributed by atoms with van der Waals surface area (Å²) in [5, 5.41) is 7.00. The highest BCUT2D eigenvalue weighted by atomic mass is 32.1. The predicted octanol–water partition coefficient (Wildman–Crippen LogP) is 3.73. The van der Waals surface area contributed by atoms with Crippen molar-refractivity contribution in [3.8, 4) is 11.5 Å². The number of hydrogen-bond donors (Lipinski definition) is 1. The summed E-state index contributed by atoms with van der Waals surface area (Å²) in [5.41, 5.74) is 1.69. The first-order valence-electron chi connectivity index (χ1n) is 7.63. The van der Waals surface area contributed by atoms with Gasteiger partial charge in [0.2, 0.25) is 11.8 Å². The molecule has 0 saturated heterocycles. The molecule has 116 valence electrons. The van der Waals surface area contributed by atoms with Crippen molar-refractivity contribution in [2.24, 2.45) is 5.92 Å². The summed E-state index contributed by atoms with van der Waals surface area (Å²) >= 11 is 1.60. The number of amides is 1. The SMILES string of the molecule is Cc1oc(-c2ccsc2)nc1CC(=O)NC[C@@H]1CC=CCC1. The molecule has 2 aromatic heterocycles. The van der Waals surface area contributed by atoms with Gasteiger partial charge >= 0.3 is 0 Å². The van der Waals surface area contributed by atoms with Gasteiger partial charge in [-0.2, -0.15) is 11.3 Å². The molecule has 0 unspecified atom stereocenters. The molecule has 0 spiro atoms. The van der Waals surface area contributed by atoms with Crippen molar-refractivity contribution >= 4 is 17.2 Å². The van der Waals surface area contributed by atoms with Crippen molar-refractivity contribution in [3.63, 3.8) is 0 Å². The molecule has 1 N–H and O–H groups in total. The fourth-order valence-electron chi connectivity index (χ4n) is 2.62. The molecular formula is C17H20N2O2S. The van der Waals surface area contributed by atoms with Gasteiger partial charge in [0.15, 0.2) is 0 Å². The number of carbonyl (C=O) groups excluding carboxylic acids is 1. The summed E-state index contributed by atoms with van der Waals surface area (Å²) in [6.45, 7) is 2.61. The van der Waals surface area contributed by atoms with Gasteiger partial charge in [-0.3, -0.25) is 4.79 Å². The number of oxazole rings is 1. The van der Waals surface area contributed by atoms with Crippen LogP contribution in [0.2, 0.25) is 0 Å². The fourth-order valence-corrected chi connectivity index (χ4v) is 3.25. The van der Waals surface area contributed by atoms with E-state index in [0.29, 0.717) is 11.8 Å². The molecule has 0 aliphatic heterocycles. The van der Waals surface area contributed by atoms with Crippen LogP contribution in [0.3, 0.4) is 0 Å². The molecular weight excluding hydrogens is 296 g/mol. The maximum Gasteiger partial charge on any atom is 0.227 e. The van der Waals surface area contributed by atoms with Gasteiger partial charge in [-0.05, 0) is 43.6 Å². The van der Waals surface area contributed by atoms with Crippen LogP contribution in [-0.4, -0.2) is 17.4 Å². The quantitative estimate of drug-likeness (QED) is 0.855. The topological polar surface area (TPSA) is 55.1 Å². The Labute approximate surface area is 134 Å². The van der Waals surface area contributed by atoms with Crippen LogP contribution in [0.25, 0.3) is 11.5 Å². The third-order valence-corrected chi connectivity index (χ3v) is 4.64. The normalized spacial score (nSPS) is 17.6. The Morgan fingerprint density at radius 3 is 3.14 bits per heavy atom. The number of carbonyl (C=O) groups is 1. The minimum atomic E-state index is 0.0165. The van der Waals surface area contributed by atoms with Crippen LogP contribution in [0.15, 0.2) is 33.4 Å². The molecule has 3 rings (SSSR count). The van der Waals surface area contributed by atoms with E-state index in [1.54, 1.807) is 11.3 Å². The first-order chi connectivity index (χ1) is 10.7. The minimum absolute atomic E-state index is 0.0165. The van der Waals surface area contributed by atoms with Gasteiger partial charge in [0.1, 0.15) is 5.76 Å². The van der Waals surface area contributed by atoms with Crippen LogP contribution in [0.5, 0.6) is 0 Å². The van der Waals surface area contributed by atoms with Crippen molar-refractivity contribution < 1.29 is 9.21 Å². The van der Waals surface area contributed by atoms with Gasteiger partial charge in [0, 0.05) is 17.5 Å². The Morgan fingerprint density at radius 1 is 1.50 bits per heavy atom. The monoisotopic (exact) mass is 316 g/mol. The van der Waals surface area contributed by atoms with Crippen molar-refractivity contribution in [1.29, 1.82) is 0 Å². The molecule has 4 nitrogen and oxygen atoms in total. The first-order valence-corrected chi connectivity index (χ1v) is 8.57. The average Bonchev–Trinajstić information content (AvgIpc) is 3.17. The number of aryl methyl sites for hydroxylation is 1. The van der Waals surface area contributed by atoms with Gasteiger partial charge in [-0.25, -0.2) is 4.98 Å². The number of allylic oxidation sites excluding steroid dienone is 2. The van der Waals surface area contributed by atoms with Crippen LogP contribution in [0.1, 0.15) is 30.7 Å². The molecule has 0 fully saturated rings. The largest absolute Gasteiger partial charge is 0.441 e. The van der Waals surface area contributed by atoms with Crippen LogP contribution in [-0.2, 0) is 11.2 Å². The maximum atomic E-state index is 12.1. The summed E-state index contributed by atoms with van der Waals surface area (Å²) < 4.78 is 5.66. The summed E-state index contributed by atoms with van der Waals surface area (Å²) in [6, 6.07) is 1.97. The zero-order chi connectivity index (χ0) is 15.4. The lowest BCUT2D eigenvalue weighted by Gasteiger charge is -2.17. The Morgan fingerprint density at radius 2 is 2.41 bits per heavy atom. The molecule has 22 heavy (non-hydrogen) atoms. The summed E-state index contributed by atoms with van der Waals surface area (Å²) in [4.78, 5) is 16.5.